The molecule has 2 aromatic rings. The highest BCUT2D eigenvalue weighted by atomic mass is 19.3. The maximum Gasteiger partial charge on any atom is 0.394 e. The summed E-state index contributed by atoms with van der Waals surface area (Å²) in [6.45, 7) is 18.9. The normalized spacial score (nSPS) is 16.5. The number of unbranched alkanes of at least 4 members (excludes halogenated alkanes) is 1. The van der Waals surface area contributed by atoms with Crippen LogP contribution >= 0.6 is 0 Å². The molecular formula is C38H50F3N3O2. The first kappa shape index (κ1) is 36.5. The monoisotopic (exact) mass is 637 g/mol. The fourth-order valence-electron chi connectivity index (χ4n) is 5.88. The second kappa shape index (κ2) is 16.6. The van der Waals surface area contributed by atoms with Crippen LogP contribution in [0, 0.1) is 5.82 Å². The van der Waals surface area contributed by atoms with E-state index in [1.165, 1.54) is 5.57 Å². The van der Waals surface area contributed by atoms with Gasteiger partial charge >= 0.3 is 6.11 Å². The maximum absolute atomic E-state index is 14.7. The number of carbonyl (C=O) groups excluding carboxylic acids is 1. The first-order valence-corrected chi connectivity index (χ1v) is 16.3. The summed E-state index contributed by atoms with van der Waals surface area (Å²) < 4.78 is 45.2. The quantitative estimate of drug-likeness (QED) is 0.229. The highest BCUT2D eigenvalue weighted by molar-refractivity contribution is 5.94. The van der Waals surface area contributed by atoms with Crippen LogP contribution in [0.25, 0.3) is 0 Å². The molecule has 1 fully saturated rings. The van der Waals surface area contributed by atoms with Gasteiger partial charge in [-0.25, -0.2) is 4.39 Å². The van der Waals surface area contributed by atoms with Crippen LogP contribution in [0.3, 0.4) is 0 Å². The van der Waals surface area contributed by atoms with E-state index >= 15 is 0 Å². The Labute approximate surface area is 273 Å². The van der Waals surface area contributed by atoms with E-state index < -0.39 is 6.11 Å². The van der Waals surface area contributed by atoms with Crippen molar-refractivity contribution in [3.05, 3.63) is 101 Å². The van der Waals surface area contributed by atoms with Gasteiger partial charge in [0.1, 0.15) is 11.6 Å². The first-order valence-electron chi connectivity index (χ1n) is 16.3. The van der Waals surface area contributed by atoms with E-state index in [0.717, 1.165) is 73.8 Å². The summed E-state index contributed by atoms with van der Waals surface area (Å²) >= 11 is 0. The number of halogens is 3. The molecule has 8 heteroatoms. The molecule has 1 atom stereocenters. The van der Waals surface area contributed by atoms with Gasteiger partial charge < -0.3 is 19.4 Å². The molecule has 0 aliphatic carbocycles. The van der Waals surface area contributed by atoms with Crippen LogP contribution in [-0.4, -0.2) is 42.5 Å². The second-order valence-corrected chi connectivity index (χ2v) is 12.1. The fraction of sp³-hybridized carbons (Fsp3) is 0.447. The molecule has 2 heterocycles. The Morgan fingerprint density at radius 2 is 1.74 bits per heavy atom. The number of rotatable bonds is 11. The van der Waals surface area contributed by atoms with Gasteiger partial charge in [0.25, 0.3) is 0 Å². The Kier molecular flexibility index (Phi) is 13.2. The number of aryl methyl sites for hydroxylation is 1. The van der Waals surface area contributed by atoms with Crippen LogP contribution in [0.5, 0.6) is 5.75 Å². The minimum Gasteiger partial charge on any atom is -0.433 e. The fourth-order valence-corrected chi connectivity index (χ4v) is 5.88. The molecule has 1 saturated heterocycles. The number of alkyl halides is 2. The number of ketones is 1. The molecule has 5 nitrogen and oxygen atoms in total. The van der Waals surface area contributed by atoms with Crippen molar-refractivity contribution < 1.29 is 22.7 Å². The Balaban J connectivity index is 0.000000289. The van der Waals surface area contributed by atoms with Crippen molar-refractivity contribution in [2.45, 2.75) is 92.7 Å². The summed E-state index contributed by atoms with van der Waals surface area (Å²) in [5.74, 6) is 0.0708. The highest BCUT2D eigenvalue weighted by Crippen LogP contribution is 2.30. The largest absolute Gasteiger partial charge is 0.433 e. The minimum absolute atomic E-state index is 0.0995. The Morgan fingerprint density at radius 3 is 2.26 bits per heavy atom. The molecule has 0 aromatic heterocycles. The number of hydrogen-bond donors (Lipinski definition) is 0. The lowest BCUT2D eigenvalue weighted by Gasteiger charge is -2.42. The van der Waals surface area contributed by atoms with E-state index in [4.69, 9.17) is 0 Å². The van der Waals surface area contributed by atoms with Crippen molar-refractivity contribution in [2.75, 3.05) is 29.4 Å². The van der Waals surface area contributed by atoms with Gasteiger partial charge in [-0.15, -0.1) is 0 Å². The summed E-state index contributed by atoms with van der Waals surface area (Å²) in [5.41, 5.74) is 6.60. The van der Waals surface area contributed by atoms with Crippen LogP contribution in [0.1, 0.15) is 79.7 Å². The molecule has 0 amide bonds. The van der Waals surface area contributed by atoms with Crippen molar-refractivity contribution in [3.63, 3.8) is 0 Å². The van der Waals surface area contributed by atoms with Gasteiger partial charge in [-0.3, -0.25) is 4.79 Å². The highest BCUT2D eigenvalue weighted by Gasteiger charge is 2.27. The molecular weight excluding hydrogens is 587 g/mol. The third-order valence-electron chi connectivity index (χ3n) is 8.22. The molecule has 0 radical (unpaired) electrons. The zero-order valence-corrected chi connectivity index (χ0v) is 28.5. The van der Waals surface area contributed by atoms with E-state index in [9.17, 15) is 18.0 Å². The topological polar surface area (TPSA) is 36.0 Å². The molecule has 250 valence electrons. The first-order chi connectivity index (χ1) is 21.8. The molecule has 2 aliphatic rings. The van der Waals surface area contributed by atoms with Gasteiger partial charge in [0.2, 0.25) is 0 Å². The summed E-state index contributed by atoms with van der Waals surface area (Å²) in [5, 5.41) is 0. The third kappa shape index (κ3) is 10.0. The van der Waals surface area contributed by atoms with Crippen LogP contribution < -0.4 is 14.5 Å². The predicted octanol–water partition coefficient (Wildman–Crippen LogP) is 9.81. The van der Waals surface area contributed by atoms with Crippen LogP contribution in [-0.2, 0) is 11.2 Å². The number of nitrogens with zero attached hydrogens (tertiary/aromatic N) is 3. The summed E-state index contributed by atoms with van der Waals surface area (Å²) in [6.07, 6.45) is 7.58. The average molecular weight is 638 g/mol. The summed E-state index contributed by atoms with van der Waals surface area (Å²) in [4.78, 5) is 18.0. The number of piperazine rings is 1. The van der Waals surface area contributed by atoms with Crippen molar-refractivity contribution in [2.24, 2.45) is 0 Å². The van der Waals surface area contributed by atoms with Crippen LogP contribution in [0.2, 0.25) is 0 Å². The molecule has 1 unspecified atom stereocenters. The number of anilines is 2. The zero-order valence-electron chi connectivity index (χ0n) is 28.5. The van der Waals surface area contributed by atoms with Crippen LogP contribution in [0.4, 0.5) is 24.5 Å². The maximum atomic E-state index is 14.7. The van der Waals surface area contributed by atoms with Crippen molar-refractivity contribution in [1.82, 2.24) is 4.90 Å². The van der Waals surface area contributed by atoms with E-state index in [0.29, 0.717) is 18.8 Å². The minimum atomic E-state index is -3.20. The van der Waals surface area contributed by atoms with Gasteiger partial charge in [-0.2, -0.15) is 8.78 Å². The number of Topliss-reactive ketones (excluding diaryl/α,β-unsaturated/α-hetero) is 1. The van der Waals surface area contributed by atoms with E-state index in [1.807, 2.05) is 42.3 Å². The van der Waals surface area contributed by atoms with Crippen LogP contribution in [0.15, 0.2) is 89.9 Å². The Bertz CT molecular complexity index is 1430. The van der Waals surface area contributed by atoms with Crippen molar-refractivity contribution in [1.29, 1.82) is 0 Å². The summed E-state index contributed by atoms with van der Waals surface area (Å²) in [6, 6.07) is 12.4. The molecule has 0 N–H and O–H groups in total. The lowest BCUT2D eigenvalue weighted by atomic mass is 10.0. The molecule has 46 heavy (non-hydrogen) atoms. The third-order valence-corrected chi connectivity index (χ3v) is 8.22. The molecule has 0 bridgehead atoms. The standard InChI is InChI=1S/C23H29F3N2O.C15H21NO/c1-4-5-6-18-7-12-22(21(24)15-18)27-13-14-28(17(2)16-27)19-8-10-20(11-9-19)29-23(3,25)26;1-6-14(7-2)15(13(5)17)16-9-8-11(3)10-12(16)4/h7-12,15,17H,4-6,13-14,16H2,1-3H3;8-10H,4,6-7H2,1-3,5H3. The molecule has 0 spiro atoms. The zero-order chi connectivity index (χ0) is 34.0. The molecule has 4 rings (SSSR count). The van der Waals surface area contributed by atoms with Crippen molar-refractivity contribution >= 4 is 17.2 Å². The second-order valence-electron chi connectivity index (χ2n) is 12.1. The number of ether oxygens (including phenoxy) is 1. The smallest absolute Gasteiger partial charge is 0.394 e. The van der Waals surface area contributed by atoms with E-state index in [1.54, 1.807) is 37.3 Å². The van der Waals surface area contributed by atoms with Gasteiger partial charge in [0, 0.05) is 57.1 Å². The number of benzene rings is 2. The van der Waals surface area contributed by atoms with Gasteiger partial charge in [0.05, 0.1) is 11.4 Å². The predicted molar refractivity (Wildman–Crippen MR) is 184 cm³/mol. The van der Waals surface area contributed by atoms with E-state index in [2.05, 4.69) is 48.8 Å². The number of allylic oxidation sites excluding steroid dienone is 5. The Morgan fingerprint density at radius 1 is 1.07 bits per heavy atom. The average Bonchev–Trinajstić information content (AvgIpc) is 2.99. The molecule has 2 aliphatic heterocycles. The molecule has 2 aromatic carbocycles. The lowest BCUT2D eigenvalue weighted by molar-refractivity contribution is -0.158. The SMILES string of the molecule is C=C1C=C(C)C=CN1C(C(C)=O)=C(CC)CC.CCCCc1ccc(N2CCN(c3ccc(OC(C)(F)F)cc3)C(C)C2)c(F)c1. The van der Waals surface area contributed by atoms with Gasteiger partial charge in [-0.05, 0) is 105 Å². The number of carbonyl (C=O) groups is 1. The summed E-state index contributed by atoms with van der Waals surface area (Å²) in [7, 11) is 0. The van der Waals surface area contributed by atoms with Gasteiger partial charge in [0.15, 0.2) is 5.78 Å². The molecule has 0 saturated carbocycles. The van der Waals surface area contributed by atoms with E-state index in [-0.39, 0.29) is 23.4 Å². The Hall–Kier alpha value is -3.94. The van der Waals surface area contributed by atoms with Crippen molar-refractivity contribution in [3.8, 4) is 5.75 Å². The lowest BCUT2D eigenvalue weighted by Crippen LogP contribution is -2.52. The number of hydrogen-bond acceptors (Lipinski definition) is 5. The van der Waals surface area contributed by atoms with Gasteiger partial charge in [-0.1, -0.05) is 39.8 Å².